The van der Waals surface area contributed by atoms with Crippen LogP contribution >= 0.6 is 0 Å². The lowest BCUT2D eigenvalue weighted by molar-refractivity contribution is 0.205. The van der Waals surface area contributed by atoms with Crippen molar-refractivity contribution >= 4 is 10.9 Å². The maximum absolute atomic E-state index is 10.4. The predicted molar refractivity (Wildman–Crippen MR) is 88.9 cm³/mol. The minimum atomic E-state index is 0.195. The minimum absolute atomic E-state index is 0.195. The monoisotopic (exact) mass is 292 g/mol. The lowest BCUT2D eigenvalue weighted by atomic mass is 9.99. The molecular weight excluding hydrogens is 272 g/mol. The van der Waals surface area contributed by atoms with Crippen LogP contribution in [0.4, 0.5) is 0 Å². The van der Waals surface area contributed by atoms with Gasteiger partial charge < -0.3 is 10.1 Å². The number of aromatic hydroxyl groups is 1. The lowest BCUT2D eigenvalue weighted by Crippen LogP contribution is -2.27. The van der Waals surface area contributed by atoms with Crippen molar-refractivity contribution in [1.82, 2.24) is 9.88 Å². The topological polar surface area (TPSA) is 39.3 Å². The van der Waals surface area contributed by atoms with Crippen LogP contribution in [0.15, 0.2) is 48.7 Å². The second-order valence-corrected chi connectivity index (χ2v) is 6.12. The van der Waals surface area contributed by atoms with E-state index in [1.54, 1.807) is 6.07 Å². The van der Waals surface area contributed by atoms with E-state index in [4.69, 9.17) is 0 Å². The molecule has 0 spiro atoms. The van der Waals surface area contributed by atoms with E-state index in [1.165, 1.54) is 16.5 Å². The van der Waals surface area contributed by atoms with E-state index in [2.05, 4.69) is 47.3 Å². The number of phenols is 1. The highest BCUT2D eigenvalue weighted by molar-refractivity contribution is 5.89. The van der Waals surface area contributed by atoms with Crippen LogP contribution in [0.2, 0.25) is 0 Å². The SMILES string of the molecule is CC1c2c(O)ccc3[nH]cc(c23)CCN1Cc1ccccc1. The fourth-order valence-corrected chi connectivity index (χ4v) is 3.61. The Labute approximate surface area is 130 Å². The first-order chi connectivity index (χ1) is 10.7. The smallest absolute Gasteiger partial charge is 0.121 e. The van der Waals surface area contributed by atoms with E-state index in [1.807, 2.05) is 12.1 Å². The average molecular weight is 292 g/mol. The molecule has 22 heavy (non-hydrogen) atoms. The van der Waals surface area contributed by atoms with Gasteiger partial charge in [-0.1, -0.05) is 30.3 Å². The van der Waals surface area contributed by atoms with Gasteiger partial charge in [-0.05, 0) is 36.6 Å². The Morgan fingerprint density at radius 2 is 2.00 bits per heavy atom. The van der Waals surface area contributed by atoms with Crippen molar-refractivity contribution in [3.05, 3.63) is 65.4 Å². The molecule has 3 aromatic rings. The Hall–Kier alpha value is -2.26. The molecule has 1 atom stereocenters. The molecule has 1 aromatic heterocycles. The molecule has 0 saturated carbocycles. The van der Waals surface area contributed by atoms with Gasteiger partial charge in [0.25, 0.3) is 0 Å². The molecule has 3 nitrogen and oxygen atoms in total. The summed E-state index contributed by atoms with van der Waals surface area (Å²) in [6.45, 7) is 4.10. The van der Waals surface area contributed by atoms with E-state index in [0.717, 1.165) is 30.6 Å². The predicted octanol–water partition coefficient (Wildman–Crippen LogP) is 3.99. The number of hydrogen-bond acceptors (Lipinski definition) is 2. The van der Waals surface area contributed by atoms with Gasteiger partial charge in [-0.15, -0.1) is 0 Å². The summed E-state index contributed by atoms with van der Waals surface area (Å²) in [5, 5.41) is 11.6. The molecule has 0 fully saturated rings. The number of benzene rings is 2. The van der Waals surface area contributed by atoms with Crippen molar-refractivity contribution in [2.45, 2.75) is 25.9 Å². The van der Waals surface area contributed by atoms with Crippen LogP contribution in [0.5, 0.6) is 5.75 Å². The number of nitrogens with zero attached hydrogens (tertiary/aromatic N) is 1. The highest BCUT2D eigenvalue weighted by atomic mass is 16.3. The van der Waals surface area contributed by atoms with Crippen molar-refractivity contribution in [2.24, 2.45) is 0 Å². The molecule has 3 heteroatoms. The summed E-state index contributed by atoms with van der Waals surface area (Å²) in [4.78, 5) is 5.78. The third-order valence-electron chi connectivity index (χ3n) is 4.81. The summed E-state index contributed by atoms with van der Waals surface area (Å²) < 4.78 is 0. The zero-order valence-corrected chi connectivity index (χ0v) is 12.7. The maximum atomic E-state index is 10.4. The fourth-order valence-electron chi connectivity index (χ4n) is 3.61. The molecule has 2 heterocycles. The third-order valence-corrected chi connectivity index (χ3v) is 4.81. The highest BCUT2D eigenvalue weighted by Crippen LogP contribution is 2.39. The molecular formula is C19H20N2O. The van der Waals surface area contributed by atoms with Crippen LogP contribution in [-0.2, 0) is 13.0 Å². The van der Waals surface area contributed by atoms with Gasteiger partial charge in [-0.3, -0.25) is 4.90 Å². The largest absolute Gasteiger partial charge is 0.508 e. The van der Waals surface area contributed by atoms with E-state index in [9.17, 15) is 5.11 Å². The zero-order valence-electron chi connectivity index (χ0n) is 12.7. The van der Waals surface area contributed by atoms with Crippen molar-refractivity contribution < 1.29 is 5.11 Å². The second-order valence-electron chi connectivity index (χ2n) is 6.12. The summed E-state index contributed by atoms with van der Waals surface area (Å²) in [6, 6.07) is 14.5. The second kappa shape index (κ2) is 5.18. The van der Waals surface area contributed by atoms with Crippen LogP contribution in [0.25, 0.3) is 10.9 Å². The summed E-state index contributed by atoms with van der Waals surface area (Å²) in [6.07, 6.45) is 3.10. The van der Waals surface area contributed by atoms with E-state index < -0.39 is 0 Å². The molecule has 2 N–H and O–H groups in total. The number of aromatic amines is 1. The molecule has 112 valence electrons. The number of rotatable bonds is 2. The van der Waals surface area contributed by atoms with Crippen LogP contribution < -0.4 is 0 Å². The molecule has 1 aliphatic heterocycles. The van der Waals surface area contributed by atoms with Gasteiger partial charge in [0.15, 0.2) is 0 Å². The first-order valence-corrected chi connectivity index (χ1v) is 7.84. The molecule has 1 unspecified atom stereocenters. The highest BCUT2D eigenvalue weighted by Gasteiger charge is 2.26. The van der Waals surface area contributed by atoms with E-state index in [0.29, 0.717) is 5.75 Å². The van der Waals surface area contributed by atoms with Crippen LogP contribution in [0, 0.1) is 0 Å². The van der Waals surface area contributed by atoms with Gasteiger partial charge in [0.05, 0.1) is 0 Å². The Balaban J connectivity index is 1.76. The number of H-pyrrole nitrogens is 1. The van der Waals surface area contributed by atoms with E-state index >= 15 is 0 Å². The van der Waals surface area contributed by atoms with Crippen molar-refractivity contribution in [3.8, 4) is 5.75 Å². The van der Waals surface area contributed by atoms with Crippen LogP contribution in [0.1, 0.15) is 29.7 Å². The van der Waals surface area contributed by atoms with E-state index in [-0.39, 0.29) is 6.04 Å². The molecule has 2 aromatic carbocycles. The fraction of sp³-hybridized carbons (Fsp3) is 0.263. The Morgan fingerprint density at radius 3 is 2.82 bits per heavy atom. The van der Waals surface area contributed by atoms with Gasteiger partial charge >= 0.3 is 0 Å². The zero-order chi connectivity index (χ0) is 15.1. The third kappa shape index (κ3) is 2.09. The quantitative estimate of drug-likeness (QED) is 0.749. The standard InChI is InChI=1S/C19H20N2O/c1-13-18-17(22)8-7-16-19(18)15(11-20-16)9-10-21(13)12-14-5-3-2-4-6-14/h2-8,11,13,20,22H,9-10,12H2,1H3. The molecule has 0 radical (unpaired) electrons. The van der Waals surface area contributed by atoms with Gasteiger partial charge in [0.1, 0.15) is 5.75 Å². The Kier molecular flexibility index (Phi) is 3.16. The minimum Gasteiger partial charge on any atom is -0.508 e. The summed E-state index contributed by atoms with van der Waals surface area (Å²) in [5.74, 6) is 0.404. The Bertz CT molecular complexity index is 807. The number of aromatic nitrogens is 1. The molecule has 4 rings (SSSR count). The summed E-state index contributed by atoms with van der Waals surface area (Å²) >= 11 is 0. The normalized spacial score (nSPS) is 18.5. The van der Waals surface area contributed by atoms with Gasteiger partial charge in [0, 0.05) is 41.8 Å². The molecule has 0 bridgehead atoms. The number of nitrogens with one attached hydrogen (secondary N) is 1. The number of phenolic OH excluding ortho intramolecular Hbond substituents is 1. The summed E-state index contributed by atoms with van der Waals surface area (Å²) in [7, 11) is 0. The Morgan fingerprint density at radius 1 is 1.18 bits per heavy atom. The first kappa shape index (κ1) is 13.4. The lowest BCUT2D eigenvalue weighted by Gasteiger charge is -2.28. The van der Waals surface area contributed by atoms with Crippen LogP contribution in [-0.4, -0.2) is 21.5 Å². The molecule has 0 saturated heterocycles. The van der Waals surface area contributed by atoms with Gasteiger partial charge in [0.2, 0.25) is 0 Å². The number of hydrogen-bond donors (Lipinski definition) is 2. The average Bonchev–Trinajstić information content (AvgIpc) is 2.89. The summed E-state index contributed by atoms with van der Waals surface area (Å²) in [5.41, 5.74) is 4.80. The van der Waals surface area contributed by atoms with Crippen molar-refractivity contribution in [2.75, 3.05) is 6.54 Å². The molecule has 0 amide bonds. The first-order valence-electron chi connectivity index (χ1n) is 7.84. The van der Waals surface area contributed by atoms with Gasteiger partial charge in [-0.2, -0.15) is 0 Å². The van der Waals surface area contributed by atoms with Crippen LogP contribution in [0.3, 0.4) is 0 Å². The maximum Gasteiger partial charge on any atom is 0.121 e. The molecule has 1 aliphatic rings. The van der Waals surface area contributed by atoms with Gasteiger partial charge in [-0.25, -0.2) is 0 Å². The van der Waals surface area contributed by atoms with Crippen molar-refractivity contribution in [1.29, 1.82) is 0 Å². The molecule has 0 aliphatic carbocycles. The van der Waals surface area contributed by atoms with Crippen molar-refractivity contribution in [3.63, 3.8) is 0 Å².